The Kier molecular flexibility index (Phi) is 4.10. The van der Waals surface area contributed by atoms with Crippen molar-refractivity contribution in [2.45, 2.75) is 26.4 Å². The van der Waals surface area contributed by atoms with Crippen LogP contribution in [-0.2, 0) is 13.6 Å². The summed E-state index contributed by atoms with van der Waals surface area (Å²) in [6.45, 7) is 5.85. The van der Waals surface area contributed by atoms with Crippen molar-refractivity contribution in [1.29, 1.82) is 0 Å². The minimum atomic E-state index is 0.380. The van der Waals surface area contributed by atoms with E-state index in [0.29, 0.717) is 18.5 Å². The van der Waals surface area contributed by atoms with Gasteiger partial charge in [-0.25, -0.2) is 0 Å². The Balaban J connectivity index is 2.43. The molecule has 4 nitrogen and oxygen atoms in total. The fourth-order valence-corrected chi connectivity index (χ4v) is 1.40. The van der Waals surface area contributed by atoms with Crippen molar-refractivity contribution in [3.63, 3.8) is 0 Å². The van der Waals surface area contributed by atoms with Gasteiger partial charge in [0, 0.05) is 32.4 Å². The van der Waals surface area contributed by atoms with Gasteiger partial charge in [-0.1, -0.05) is 13.8 Å². The number of nitrogens with zero attached hydrogens (tertiary/aromatic N) is 2. The highest BCUT2D eigenvalue weighted by Gasteiger charge is 2.10. The number of nitrogens with one attached hydrogen (secondary N) is 1. The lowest BCUT2D eigenvalue weighted by molar-refractivity contribution is 0.399. The maximum Gasteiger partial charge on any atom is 0.0518 e. The molecule has 0 fully saturated rings. The van der Waals surface area contributed by atoms with Gasteiger partial charge in [-0.15, -0.1) is 0 Å². The number of aryl methyl sites for hydroxylation is 1. The molecule has 0 saturated heterocycles. The Morgan fingerprint density at radius 2 is 2.29 bits per heavy atom. The van der Waals surface area contributed by atoms with Crippen LogP contribution in [0.1, 0.15) is 19.5 Å². The van der Waals surface area contributed by atoms with Gasteiger partial charge in [0.2, 0.25) is 0 Å². The summed E-state index contributed by atoms with van der Waals surface area (Å²) >= 11 is 0. The van der Waals surface area contributed by atoms with Crippen LogP contribution in [0.5, 0.6) is 0 Å². The van der Waals surface area contributed by atoms with Crippen LogP contribution in [0.25, 0.3) is 0 Å². The molecular formula is C10H20N4. The number of hydrogen-bond donors (Lipinski definition) is 2. The predicted molar refractivity (Wildman–Crippen MR) is 57.7 cm³/mol. The second kappa shape index (κ2) is 5.12. The van der Waals surface area contributed by atoms with Gasteiger partial charge in [0.1, 0.15) is 0 Å². The van der Waals surface area contributed by atoms with Gasteiger partial charge >= 0.3 is 0 Å². The Bertz CT molecular complexity index is 267. The van der Waals surface area contributed by atoms with Crippen molar-refractivity contribution in [3.05, 3.63) is 18.0 Å². The average Bonchev–Trinajstić information content (AvgIpc) is 2.52. The van der Waals surface area contributed by atoms with E-state index in [2.05, 4.69) is 24.3 Å². The van der Waals surface area contributed by atoms with Crippen LogP contribution in [0.4, 0.5) is 0 Å². The highest BCUT2D eigenvalue weighted by molar-refractivity contribution is 4.99. The van der Waals surface area contributed by atoms with E-state index in [1.807, 2.05) is 24.0 Å². The smallest absolute Gasteiger partial charge is 0.0518 e. The molecule has 1 unspecified atom stereocenters. The van der Waals surface area contributed by atoms with Crippen LogP contribution in [0.3, 0.4) is 0 Å². The molecule has 0 bridgehead atoms. The highest BCUT2D eigenvalue weighted by Crippen LogP contribution is 2.02. The van der Waals surface area contributed by atoms with E-state index in [1.165, 1.54) is 5.69 Å². The van der Waals surface area contributed by atoms with Gasteiger partial charge in [-0.05, 0) is 12.0 Å². The summed E-state index contributed by atoms with van der Waals surface area (Å²) in [5.41, 5.74) is 6.85. The first-order valence-corrected chi connectivity index (χ1v) is 5.05. The molecule has 0 saturated carbocycles. The van der Waals surface area contributed by atoms with E-state index in [-0.39, 0.29) is 0 Å². The molecular weight excluding hydrogens is 176 g/mol. The van der Waals surface area contributed by atoms with Crippen LogP contribution in [0, 0.1) is 5.92 Å². The number of rotatable bonds is 5. The standard InChI is InChI=1S/C10H20N4/c1-8(2)10(6-11)12-7-9-4-5-13-14(9)3/h4-5,8,10,12H,6-7,11H2,1-3H3. The third-order valence-corrected chi connectivity index (χ3v) is 2.53. The zero-order valence-corrected chi connectivity index (χ0v) is 9.20. The molecule has 14 heavy (non-hydrogen) atoms. The zero-order chi connectivity index (χ0) is 10.6. The minimum absolute atomic E-state index is 0.380. The normalized spacial score (nSPS) is 13.5. The Labute approximate surface area is 85.5 Å². The van der Waals surface area contributed by atoms with E-state index in [4.69, 9.17) is 5.73 Å². The lowest BCUT2D eigenvalue weighted by Gasteiger charge is -2.20. The second-order valence-electron chi connectivity index (χ2n) is 3.91. The fourth-order valence-electron chi connectivity index (χ4n) is 1.40. The van der Waals surface area contributed by atoms with E-state index in [1.54, 1.807) is 0 Å². The second-order valence-corrected chi connectivity index (χ2v) is 3.91. The van der Waals surface area contributed by atoms with Crippen LogP contribution in [-0.4, -0.2) is 22.4 Å². The van der Waals surface area contributed by atoms with Gasteiger partial charge in [0.05, 0.1) is 5.69 Å². The van der Waals surface area contributed by atoms with Crippen LogP contribution >= 0.6 is 0 Å². The molecule has 0 aliphatic rings. The molecule has 1 aromatic rings. The average molecular weight is 196 g/mol. The Morgan fingerprint density at radius 3 is 2.71 bits per heavy atom. The summed E-state index contributed by atoms with van der Waals surface area (Å²) < 4.78 is 1.88. The molecule has 1 atom stereocenters. The largest absolute Gasteiger partial charge is 0.329 e. The monoisotopic (exact) mass is 196 g/mol. The van der Waals surface area contributed by atoms with Crippen molar-refractivity contribution < 1.29 is 0 Å². The van der Waals surface area contributed by atoms with Gasteiger partial charge in [0.25, 0.3) is 0 Å². The van der Waals surface area contributed by atoms with Crippen molar-refractivity contribution in [3.8, 4) is 0 Å². The number of hydrogen-bond acceptors (Lipinski definition) is 3. The molecule has 1 heterocycles. The Morgan fingerprint density at radius 1 is 1.57 bits per heavy atom. The summed E-state index contributed by atoms with van der Waals surface area (Å²) in [7, 11) is 1.95. The predicted octanol–water partition coefficient (Wildman–Crippen LogP) is 0.493. The zero-order valence-electron chi connectivity index (χ0n) is 9.20. The Hall–Kier alpha value is -0.870. The van der Waals surface area contributed by atoms with Crippen molar-refractivity contribution in [2.24, 2.45) is 18.7 Å². The molecule has 0 aromatic carbocycles. The van der Waals surface area contributed by atoms with Crippen LogP contribution in [0.15, 0.2) is 12.3 Å². The molecule has 0 spiro atoms. The highest BCUT2D eigenvalue weighted by atomic mass is 15.3. The van der Waals surface area contributed by atoms with E-state index < -0.39 is 0 Å². The van der Waals surface area contributed by atoms with Crippen LogP contribution < -0.4 is 11.1 Å². The molecule has 3 N–H and O–H groups in total. The van der Waals surface area contributed by atoms with Crippen LogP contribution in [0.2, 0.25) is 0 Å². The lowest BCUT2D eigenvalue weighted by atomic mass is 10.0. The van der Waals surface area contributed by atoms with Gasteiger partial charge in [0.15, 0.2) is 0 Å². The first-order chi connectivity index (χ1) is 6.65. The summed E-state index contributed by atoms with van der Waals surface area (Å²) in [5, 5.41) is 7.54. The maximum absolute atomic E-state index is 5.67. The van der Waals surface area contributed by atoms with E-state index in [9.17, 15) is 0 Å². The molecule has 80 valence electrons. The molecule has 4 heteroatoms. The topological polar surface area (TPSA) is 55.9 Å². The van der Waals surface area contributed by atoms with Crippen molar-refractivity contribution in [1.82, 2.24) is 15.1 Å². The number of aromatic nitrogens is 2. The first kappa shape index (κ1) is 11.2. The van der Waals surface area contributed by atoms with Crippen molar-refractivity contribution in [2.75, 3.05) is 6.54 Å². The summed E-state index contributed by atoms with van der Waals surface area (Å²) in [6, 6.07) is 2.39. The fraction of sp³-hybridized carbons (Fsp3) is 0.700. The molecule has 0 aliphatic heterocycles. The lowest BCUT2D eigenvalue weighted by Crippen LogP contribution is -2.40. The third kappa shape index (κ3) is 2.82. The quantitative estimate of drug-likeness (QED) is 0.720. The SMILES string of the molecule is CC(C)C(CN)NCc1ccnn1C. The summed E-state index contributed by atoms with van der Waals surface area (Å²) in [6.07, 6.45) is 1.81. The van der Waals surface area contributed by atoms with Crippen molar-refractivity contribution >= 4 is 0 Å². The molecule has 0 amide bonds. The van der Waals surface area contributed by atoms with Gasteiger partial charge < -0.3 is 11.1 Å². The van der Waals surface area contributed by atoms with E-state index in [0.717, 1.165) is 6.54 Å². The molecule has 0 aliphatic carbocycles. The molecule has 1 aromatic heterocycles. The summed E-state index contributed by atoms with van der Waals surface area (Å²) in [5.74, 6) is 0.563. The minimum Gasteiger partial charge on any atom is -0.329 e. The van der Waals surface area contributed by atoms with E-state index >= 15 is 0 Å². The molecule has 0 radical (unpaired) electrons. The molecule has 1 rings (SSSR count). The maximum atomic E-state index is 5.67. The summed E-state index contributed by atoms with van der Waals surface area (Å²) in [4.78, 5) is 0. The first-order valence-electron chi connectivity index (χ1n) is 5.05. The van der Waals surface area contributed by atoms with Gasteiger partial charge in [-0.2, -0.15) is 5.10 Å². The third-order valence-electron chi connectivity index (χ3n) is 2.53. The number of nitrogens with two attached hydrogens (primary N) is 1. The van der Waals surface area contributed by atoms with Gasteiger partial charge in [-0.3, -0.25) is 4.68 Å².